The molecule has 9 heteroatoms. The van der Waals surface area contributed by atoms with Crippen molar-refractivity contribution < 1.29 is 9.53 Å². The molecule has 2 heterocycles. The van der Waals surface area contributed by atoms with Gasteiger partial charge in [-0.25, -0.2) is 15.1 Å². The second-order valence-corrected chi connectivity index (χ2v) is 6.31. The van der Waals surface area contributed by atoms with E-state index in [0.29, 0.717) is 11.3 Å². The highest BCUT2D eigenvalue weighted by Crippen LogP contribution is 2.23. The number of rotatable bonds is 5. The van der Waals surface area contributed by atoms with Crippen molar-refractivity contribution in [2.24, 2.45) is 5.10 Å². The number of carbonyl (C=O) groups excluding carboxylic acids is 1. The van der Waals surface area contributed by atoms with Crippen molar-refractivity contribution >= 4 is 45.7 Å². The van der Waals surface area contributed by atoms with Crippen LogP contribution in [0.4, 0.5) is 0 Å². The van der Waals surface area contributed by atoms with Gasteiger partial charge >= 0.3 is 0 Å². The van der Waals surface area contributed by atoms with Gasteiger partial charge < -0.3 is 4.74 Å². The standard InChI is InChI=1S/C19H15ClN6O2/c1-28-14-6-7-15-12(9-14)8-13(19(20)22-15)10-21-24-18(27)11-26-17-5-3-2-4-16(17)23-25-26/h2-10H,11H2,1H3,(H,24,27)/b21-10-. The largest absolute Gasteiger partial charge is 0.497 e. The quantitative estimate of drug-likeness (QED) is 0.319. The Morgan fingerprint density at radius 1 is 1.25 bits per heavy atom. The number of amides is 1. The molecule has 0 bridgehead atoms. The third kappa shape index (κ3) is 3.63. The van der Waals surface area contributed by atoms with Crippen molar-refractivity contribution in [1.29, 1.82) is 0 Å². The molecule has 0 unspecified atom stereocenters. The zero-order valence-electron chi connectivity index (χ0n) is 14.8. The number of nitrogens with zero attached hydrogens (tertiary/aromatic N) is 5. The molecule has 4 aromatic rings. The predicted octanol–water partition coefficient (Wildman–Crippen LogP) is 2.79. The van der Waals surface area contributed by atoms with E-state index in [4.69, 9.17) is 16.3 Å². The highest BCUT2D eigenvalue weighted by molar-refractivity contribution is 6.32. The molecule has 0 saturated carbocycles. The van der Waals surface area contributed by atoms with Crippen LogP contribution in [0.2, 0.25) is 5.15 Å². The van der Waals surface area contributed by atoms with Gasteiger partial charge in [0, 0.05) is 10.9 Å². The summed E-state index contributed by atoms with van der Waals surface area (Å²) in [5, 5.41) is 13.1. The summed E-state index contributed by atoms with van der Waals surface area (Å²) in [6, 6.07) is 14.7. The van der Waals surface area contributed by atoms with E-state index in [2.05, 4.69) is 25.8 Å². The molecule has 1 N–H and O–H groups in total. The van der Waals surface area contributed by atoms with Crippen molar-refractivity contribution in [3.8, 4) is 5.75 Å². The number of methoxy groups -OCH3 is 1. The van der Waals surface area contributed by atoms with Crippen LogP contribution in [-0.4, -0.2) is 39.2 Å². The number of hydrogen-bond donors (Lipinski definition) is 1. The molecule has 1 amide bonds. The molecule has 4 rings (SSSR count). The van der Waals surface area contributed by atoms with Crippen molar-refractivity contribution in [2.75, 3.05) is 7.11 Å². The summed E-state index contributed by atoms with van der Waals surface area (Å²) >= 11 is 6.20. The van der Waals surface area contributed by atoms with E-state index >= 15 is 0 Å². The number of nitrogens with one attached hydrogen (secondary N) is 1. The first-order valence-corrected chi connectivity index (χ1v) is 8.76. The van der Waals surface area contributed by atoms with Gasteiger partial charge in [0.05, 0.1) is 24.4 Å². The Balaban J connectivity index is 1.48. The van der Waals surface area contributed by atoms with Gasteiger partial charge in [0.2, 0.25) is 0 Å². The van der Waals surface area contributed by atoms with E-state index in [9.17, 15) is 4.79 Å². The molecule has 0 radical (unpaired) electrons. The van der Waals surface area contributed by atoms with Crippen molar-refractivity contribution in [3.63, 3.8) is 0 Å². The van der Waals surface area contributed by atoms with Crippen molar-refractivity contribution in [3.05, 3.63) is 59.2 Å². The fraction of sp³-hybridized carbons (Fsp3) is 0.105. The summed E-state index contributed by atoms with van der Waals surface area (Å²) in [5.74, 6) is 0.381. The Kier molecular flexibility index (Phi) is 4.86. The van der Waals surface area contributed by atoms with Crippen LogP contribution in [0.1, 0.15) is 5.56 Å². The first-order valence-electron chi connectivity index (χ1n) is 8.38. The number of fused-ring (bicyclic) bond motifs is 2. The maximum absolute atomic E-state index is 12.1. The molecule has 2 aromatic heterocycles. The SMILES string of the molecule is COc1ccc2nc(Cl)c(/C=N\NC(=O)Cn3nnc4ccccc43)cc2c1. The Labute approximate surface area is 164 Å². The highest BCUT2D eigenvalue weighted by Gasteiger charge is 2.08. The molecule has 0 saturated heterocycles. The highest BCUT2D eigenvalue weighted by atomic mass is 35.5. The Morgan fingerprint density at radius 2 is 2.11 bits per heavy atom. The number of para-hydroxylation sites is 1. The Morgan fingerprint density at radius 3 is 2.96 bits per heavy atom. The smallest absolute Gasteiger partial charge is 0.261 e. The lowest BCUT2D eigenvalue weighted by atomic mass is 10.1. The number of carbonyl (C=O) groups is 1. The van der Waals surface area contributed by atoms with Gasteiger partial charge in [-0.05, 0) is 36.4 Å². The second kappa shape index (κ2) is 7.61. The summed E-state index contributed by atoms with van der Waals surface area (Å²) < 4.78 is 6.73. The molecular formula is C19H15ClN6O2. The number of pyridine rings is 1. The molecular weight excluding hydrogens is 380 g/mol. The van der Waals surface area contributed by atoms with Gasteiger partial charge in [-0.1, -0.05) is 28.9 Å². The van der Waals surface area contributed by atoms with Crippen LogP contribution >= 0.6 is 11.6 Å². The van der Waals surface area contributed by atoms with Crippen LogP contribution in [0.15, 0.2) is 53.6 Å². The van der Waals surface area contributed by atoms with Crippen molar-refractivity contribution in [1.82, 2.24) is 25.4 Å². The fourth-order valence-electron chi connectivity index (χ4n) is 2.74. The molecule has 0 aliphatic rings. The van der Waals surface area contributed by atoms with E-state index in [1.165, 1.54) is 10.9 Å². The first-order chi connectivity index (χ1) is 13.6. The van der Waals surface area contributed by atoms with Crippen LogP contribution in [0, 0.1) is 0 Å². The first kappa shape index (κ1) is 17.9. The minimum absolute atomic E-state index is 0.00124. The zero-order valence-corrected chi connectivity index (χ0v) is 15.6. The number of hydrogen-bond acceptors (Lipinski definition) is 6. The average molecular weight is 395 g/mol. The van der Waals surface area contributed by atoms with Gasteiger partial charge in [0.1, 0.15) is 23.0 Å². The Bertz CT molecular complexity index is 1200. The zero-order chi connectivity index (χ0) is 19.5. The number of benzene rings is 2. The number of ether oxygens (including phenoxy) is 1. The molecule has 140 valence electrons. The molecule has 0 aliphatic heterocycles. The molecule has 0 spiro atoms. The van der Waals surface area contributed by atoms with Crippen LogP contribution in [0.5, 0.6) is 5.75 Å². The molecule has 0 fully saturated rings. The number of hydrazone groups is 1. The molecule has 8 nitrogen and oxygen atoms in total. The number of aromatic nitrogens is 4. The number of halogens is 1. The van der Waals surface area contributed by atoms with Gasteiger partial charge in [-0.3, -0.25) is 4.79 Å². The van der Waals surface area contributed by atoms with E-state index in [1.54, 1.807) is 7.11 Å². The maximum Gasteiger partial charge on any atom is 0.261 e. The Hall–Kier alpha value is -3.52. The van der Waals surface area contributed by atoms with E-state index in [-0.39, 0.29) is 17.6 Å². The molecule has 0 atom stereocenters. The lowest BCUT2D eigenvalue weighted by Crippen LogP contribution is -2.23. The minimum Gasteiger partial charge on any atom is -0.497 e. The fourth-order valence-corrected chi connectivity index (χ4v) is 2.94. The van der Waals surface area contributed by atoms with Gasteiger partial charge in [0.25, 0.3) is 5.91 Å². The summed E-state index contributed by atoms with van der Waals surface area (Å²) in [7, 11) is 1.60. The maximum atomic E-state index is 12.1. The van der Waals surface area contributed by atoms with E-state index in [1.807, 2.05) is 48.5 Å². The lowest BCUT2D eigenvalue weighted by molar-refractivity contribution is -0.121. The summed E-state index contributed by atoms with van der Waals surface area (Å²) in [6.45, 7) is -0.00124. The summed E-state index contributed by atoms with van der Waals surface area (Å²) in [4.78, 5) is 16.5. The minimum atomic E-state index is -0.335. The van der Waals surface area contributed by atoms with Crippen LogP contribution < -0.4 is 10.2 Å². The van der Waals surface area contributed by atoms with E-state index in [0.717, 1.165) is 21.9 Å². The predicted molar refractivity (Wildman–Crippen MR) is 107 cm³/mol. The molecule has 2 aromatic carbocycles. The third-order valence-corrected chi connectivity index (χ3v) is 4.41. The van der Waals surface area contributed by atoms with Crippen LogP contribution in [0.3, 0.4) is 0 Å². The summed E-state index contributed by atoms with van der Waals surface area (Å²) in [5.41, 5.74) is 5.28. The second-order valence-electron chi connectivity index (χ2n) is 5.96. The van der Waals surface area contributed by atoms with Gasteiger partial charge in [-0.15, -0.1) is 5.10 Å². The van der Waals surface area contributed by atoms with Crippen molar-refractivity contribution in [2.45, 2.75) is 6.54 Å². The van der Waals surface area contributed by atoms with Crippen LogP contribution in [-0.2, 0) is 11.3 Å². The normalized spacial score (nSPS) is 11.4. The summed E-state index contributed by atoms with van der Waals surface area (Å²) in [6.07, 6.45) is 1.45. The lowest BCUT2D eigenvalue weighted by Gasteiger charge is -2.05. The van der Waals surface area contributed by atoms with Gasteiger partial charge in [-0.2, -0.15) is 5.10 Å². The van der Waals surface area contributed by atoms with Crippen LogP contribution in [0.25, 0.3) is 21.9 Å². The van der Waals surface area contributed by atoms with Gasteiger partial charge in [0.15, 0.2) is 0 Å². The molecule has 0 aliphatic carbocycles. The third-order valence-electron chi connectivity index (χ3n) is 4.11. The molecule has 28 heavy (non-hydrogen) atoms. The average Bonchev–Trinajstić information content (AvgIpc) is 3.11. The monoisotopic (exact) mass is 394 g/mol. The topological polar surface area (TPSA) is 94.3 Å². The van der Waals surface area contributed by atoms with E-state index < -0.39 is 0 Å².